The minimum atomic E-state index is -0.979. The Morgan fingerprint density at radius 2 is 2.29 bits per heavy atom. The lowest BCUT2D eigenvalue weighted by Gasteiger charge is -2.10. The molecule has 0 heterocycles. The normalized spacial score (nSPS) is 12.3. The fourth-order valence-electron chi connectivity index (χ4n) is 1.01. The Labute approximate surface area is 85.6 Å². The van der Waals surface area contributed by atoms with Crippen LogP contribution in [0.25, 0.3) is 0 Å². The van der Waals surface area contributed by atoms with Gasteiger partial charge in [0, 0.05) is 5.02 Å². The van der Waals surface area contributed by atoms with Crippen molar-refractivity contribution in [3.8, 4) is 0 Å². The van der Waals surface area contributed by atoms with Gasteiger partial charge in [0.05, 0.1) is 7.11 Å². The molecule has 14 heavy (non-hydrogen) atoms. The molecule has 5 heteroatoms. The van der Waals surface area contributed by atoms with E-state index in [0.717, 1.165) is 6.07 Å². The highest BCUT2D eigenvalue weighted by Gasteiger charge is 2.18. The molecule has 0 amide bonds. The number of rotatable bonds is 2. The summed E-state index contributed by atoms with van der Waals surface area (Å²) >= 11 is 5.70. The van der Waals surface area contributed by atoms with E-state index in [1.54, 1.807) is 0 Å². The van der Waals surface area contributed by atoms with Crippen molar-refractivity contribution < 1.29 is 13.9 Å². The number of hydrogen-bond donors (Lipinski definition) is 1. The smallest absolute Gasteiger partial charge is 0.327 e. The molecule has 1 aromatic carbocycles. The predicted molar refractivity (Wildman–Crippen MR) is 50.4 cm³/mol. The molecule has 0 saturated carbocycles. The van der Waals surface area contributed by atoms with Crippen molar-refractivity contribution in [2.24, 2.45) is 5.73 Å². The van der Waals surface area contributed by atoms with E-state index >= 15 is 0 Å². The van der Waals surface area contributed by atoms with Crippen LogP contribution in [0.4, 0.5) is 4.39 Å². The summed E-state index contributed by atoms with van der Waals surface area (Å²) in [5.74, 6) is -1.09. The van der Waals surface area contributed by atoms with Crippen LogP contribution in [0.15, 0.2) is 18.2 Å². The SMILES string of the molecule is COC(=O)[C@H](N)c1ccc(F)cc1Cl. The number of esters is 1. The summed E-state index contributed by atoms with van der Waals surface area (Å²) in [6, 6.07) is 2.66. The number of benzene rings is 1. The third-order valence-electron chi connectivity index (χ3n) is 1.75. The summed E-state index contributed by atoms with van der Waals surface area (Å²) in [5, 5.41) is 0.114. The van der Waals surface area contributed by atoms with Crippen molar-refractivity contribution in [1.82, 2.24) is 0 Å². The van der Waals surface area contributed by atoms with Crippen molar-refractivity contribution in [3.63, 3.8) is 0 Å². The largest absolute Gasteiger partial charge is 0.468 e. The lowest BCUT2D eigenvalue weighted by atomic mass is 10.1. The summed E-state index contributed by atoms with van der Waals surface area (Å²) in [4.78, 5) is 11.0. The molecule has 76 valence electrons. The quantitative estimate of drug-likeness (QED) is 0.767. The Balaban J connectivity index is 3.01. The first-order valence-electron chi connectivity index (χ1n) is 3.84. The minimum Gasteiger partial charge on any atom is -0.468 e. The fraction of sp³-hybridized carbons (Fsp3) is 0.222. The standard InChI is InChI=1S/C9H9ClFNO2/c1-14-9(13)8(12)6-3-2-5(11)4-7(6)10/h2-4,8H,12H2,1H3/t8-/m1/s1. The van der Waals surface area contributed by atoms with Crippen LogP contribution in [0, 0.1) is 5.82 Å². The molecule has 0 saturated heterocycles. The second kappa shape index (κ2) is 4.39. The lowest BCUT2D eigenvalue weighted by molar-refractivity contribution is -0.142. The Morgan fingerprint density at radius 3 is 2.79 bits per heavy atom. The molecule has 0 unspecified atom stereocenters. The molecule has 0 fully saturated rings. The van der Waals surface area contributed by atoms with Gasteiger partial charge in [0.1, 0.15) is 11.9 Å². The number of nitrogens with two attached hydrogens (primary N) is 1. The van der Waals surface area contributed by atoms with Crippen LogP contribution < -0.4 is 5.73 Å². The maximum atomic E-state index is 12.7. The average molecular weight is 218 g/mol. The minimum absolute atomic E-state index is 0.114. The monoisotopic (exact) mass is 217 g/mol. The Morgan fingerprint density at radius 1 is 1.64 bits per heavy atom. The van der Waals surface area contributed by atoms with Crippen molar-refractivity contribution in [1.29, 1.82) is 0 Å². The summed E-state index contributed by atoms with van der Waals surface area (Å²) < 4.78 is 17.1. The second-order valence-corrected chi connectivity index (χ2v) is 3.07. The van der Waals surface area contributed by atoms with Crippen molar-refractivity contribution in [3.05, 3.63) is 34.6 Å². The van der Waals surface area contributed by atoms with E-state index in [2.05, 4.69) is 4.74 Å². The topological polar surface area (TPSA) is 52.3 Å². The lowest BCUT2D eigenvalue weighted by Crippen LogP contribution is -2.22. The van der Waals surface area contributed by atoms with Gasteiger partial charge in [-0.15, -0.1) is 0 Å². The van der Waals surface area contributed by atoms with E-state index in [4.69, 9.17) is 17.3 Å². The van der Waals surface area contributed by atoms with E-state index in [1.165, 1.54) is 19.2 Å². The number of carbonyl (C=O) groups excluding carboxylic acids is 1. The van der Waals surface area contributed by atoms with Gasteiger partial charge in [-0.1, -0.05) is 17.7 Å². The highest BCUT2D eigenvalue weighted by atomic mass is 35.5. The van der Waals surface area contributed by atoms with E-state index < -0.39 is 17.8 Å². The van der Waals surface area contributed by atoms with Gasteiger partial charge in [-0.05, 0) is 17.7 Å². The van der Waals surface area contributed by atoms with E-state index in [9.17, 15) is 9.18 Å². The van der Waals surface area contributed by atoms with Crippen LogP contribution in [0.3, 0.4) is 0 Å². The first kappa shape index (κ1) is 10.9. The van der Waals surface area contributed by atoms with Gasteiger partial charge in [0.25, 0.3) is 0 Å². The van der Waals surface area contributed by atoms with Gasteiger partial charge >= 0.3 is 5.97 Å². The first-order valence-corrected chi connectivity index (χ1v) is 4.22. The molecule has 1 rings (SSSR count). The number of hydrogen-bond acceptors (Lipinski definition) is 3. The predicted octanol–water partition coefficient (Wildman–Crippen LogP) is 1.65. The number of ether oxygens (including phenoxy) is 1. The first-order chi connectivity index (χ1) is 6.56. The van der Waals surface area contributed by atoms with E-state index in [0.29, 0.717) is 5.56 Å². The molecule has 0 spiro atoms. The maximum absolute atomic E-state index is 12.7. The Bertz CT molecular complexity index is 357. The summed E-state index contributed by atoms with van der Waals surface area (Å²) in [6.07, 6.45) is 0. The molecular weight excluding hydrogens is 209 g/mol. The van der Waals surface area contributed by atoms with Gasteiger partial charge in [0.2, 0.25) is 0 Å². The zero-order valence-electron chi connectivity index (χ0n) is 7.46. The van der Waals surface area contributed by atoms with Gasteiger partial charge in [-0.3, -0.25) is 4.79 Å². The fourth-order valence-corrected chi connectivity index (χ4v) is 1.29. The van der Waals surface area contributed by atoms with Gasteiger partial charge in [-0.2, -0.15) is 0 Å². The van der Waals surface area contributed by atoms with Crippen molar-refractivity contribution in [2.75, 3.05) is 7.11 Å². The zero-order chi connectivity index (χ0) is 10.7. The highest BCUT2D eigenvalue weighted by Crippen LogP contribution is 2.22. The third-order valence-corrected chi connectivity index (χ3v) is 2.08. The van der Waals surface area contributed by atoms with Crippen LogP contribution in [0.5, 0.6) is 0 Å². The van der Waals surface area contributed by atoms with Gasteiger partial charge < -0.3 is 10.5 Å². The second-order valence-electron chi connectivity index (χ2n) is 2.67. The molecule has 0 radical (unpaired) electrons. The van der Waals surface area contributed by atoms with Crippen LogP contribution in [0.2, 0.25) is 5.02 Å². The molecule has 2 N–H and O–H groups in total. The molecule has 1 atom stereocenters. The van der Waals surface area contributed by atoms with E-state index in [-0.39, 0.29) is 5.02 Å². The number of halogens is 2. The summed E-state index contributed by atoms with van der Waals surface area (Å²) in [6.45, 7) is 0. The van der Waals surface area contributed by atoms with Gasteiger partial charge in [-0.25, -0.2) is 4.39 Å². The molecule has 0 aromatic heterocycles. The number of carbonyl (C=O) groups is 1. The van der Waals surface area contributed by atoms with Crippen molar-refractivity contribution in [2.45, 2.75) is 6.04 Å². The molecule has 1 aromatic rings. The van der Waals surface area contributed by atoms with Crippen molar-refractivity contribution >= 4 is 17.6 Å². The molecule has 0 aliphatic heterocycles. The Hall–Kier alpha value is -1.13. The Kier molecular flexibility index (Phi) is 3.43. The highest BCUT2D eigenvalue weighted by molar-refractivity contribution is 6.31. The average Bonchev–Trinajstić information content (AvgIpc) is 2.15. The van der Waals surface area contributed by atoms with Crippen LogP contribution in [-0.2, 0) is 9.53 Å². The molecule has 0 bridgehead atoms. The van der Waals surface area contributed by atoms with Crippen LogP contribution in [-0.4, -0.2) is 13.1 Å². The number of methoxy groups -OCH3 is 1. The molecule has 0 aliphatic carbocycles. The van der Waals surface area contributed by atoms with Gasteiger partial charge in [0.15, 0.2) is 0 Å². The van der Waals surface area contributed by atoms with Crippen LogP contribution >= 0.6 is 11.6 Å². The van der Waals surface area contributed by atoms with Crippen LogP contribution in [0.1, 0.15) is 11.6 Å². The molecule has 3 nitrogen and oxygen atoms in total. The third kappa shape index (κ3) is 2.21. The molecule has 0 aliphatic rings. The summed E-state index contributed by atoms with van der Waals surface area (Å²) in [5.41, 5.74) is 5.87. The molecular formula is C9H9ClFNO2. The summed E-state index contributed by atoms with van der Waals surface area (Å²) in [7, 11) is 1.22. The van der Waals surface area contributed by atoms with E-state index in [1.807, 2.05) is 0 Å². The maximum Gasteiger partial charge on any atom is 0.327 e. The zero-order valence-corrected chi connectivity index (χ0v) is 8.22.